The third-order valence-corrected chi connectivity index (χ3v) is 4.71. The molecule has 28 heavy (non-hydrogen) atoms. The molecule has 0 aromatic heterocycles. The lowest BCUT2D eigenvalue weighted by Crippen LogP contribution is -2.46. The standard InChI is InChI=1S/C21H25N3O4/c1-28-19-9-7-18(8-10-19)24-15-17(13-20(24)26)22-21(27)23(11-12-25)14-16-5-3-2-4-6-16/h2-10,17,25H,11-15H2,1H3,(H,22,27)/t17-/m1/s1. The van der Waals surface area contributed by atoms with Crippen molar-refractivity contribution in [1.82, 2.24) is 10.2 Å². The number of benzene rings is 2. The van der Waals surface area contributed by atoms with E-state index in [-0.39, 0.29) is 37.6 Å². The molecule has 0 aliphatic carbocycles. The predicted octanol–water partition coefficient (Wildman–Crippen LogP) is 2.00. The summed E-state index contributed by atoms with van der Waals surface area (Å²) >= 11 is 0. The van der Waals surface area contributed by atoms with E-state index in [0.717, 1.165) is 17.0 Å². The molecule has 2 N–H and O–H groups in total. The molecular formula is C21H25N3O4. The lowest BCUT2D eigenvalue weighted by atomic mass is 10.2. The number of rotatable bonds is 7. The normalized spacial score (nSPS) is 16.1. The highest BCUT2D eigenvalue weighted by atomic mass is 16.5. The summed E-state index contributed by atoms with van der Waals surface area (Å²) in [4.78, 5) is 28.3. The van der Waals surface area contributed by atoms with Gasteiger partial charge in [0, 0.05) is 31.7 Å². The minimum atomic E-state index is -0.285. The molecule has 0 bridgehead atoms. The van der Waals surface area contributed by atoms with Crippen molar-refractivity contribution in [1.29, 1.82) is 0 Å². The zero-order chi connectivity index (χ0) is 19.9. The van der Waals surface area contributed by atoms with Crippen LogP contribution in [0.25, 0.3) is 0 Å². The summed E-state index contributed by atoms with van der Waals surface area (Å²) in [6.07, 6.45) is 0.246. The smallest absolute Gasteiger partial charge is 0.318 e. The number of aliphatic hydroxyl groups is 1. The Bertz CT molecular complexity index is 795. The Balaban J connectivity index is 1.61. The zero-order valence-electron chi connectivity index (χ0n) is 15.9. The number of ether oxygens (including phenoxy) is 1. The van der Waals surface area contributed by atoms with Crippen LogP contribution in [0.5, 0.6) is 5.75 Å². The van der Waals surface area contributed by atoms with Gasteiger partial charge in [-0.1, -0.05) is 30.3 Å². The molecule has 0 spiro atoms. The van der Waals surface area contributed by atoms with Gasteiger partial charge in [0.2, 0.25) is 5.91 Å². The van der Waals surface area contributed by atoms with Crippen LogP contribution in [0, 0.1) is 0 Å². The topological polar surface area (TPSA) is 82.1 Å². The molecule has 1 atom stereocenters. The first-order chi connectivity index (χ1) is 13.6. The van der Waals surface area contributed by atoms with E-state index in [4.69, 9.17) is 4.74 Å². The van der Waals surface area contributed by atoms with Crippen LogP contribution in [0.15, 0.2) is 54.6 Å². The van der Waals surface area contributed by atoms with E-state index in [1.54, 1.807) is 29.0 Å². The second kappa shape index (κ2) is 9.23. The van der Waals surface area contributed by atoms with E-state index in [1.165, 1.54) is 0 Å². The summed E-state index contributed by atoms with van der Waals surface area (Å²) in [7, 11) is 1.59. The number of amides is 3. The minimum absolute atomic E-state index is 0.0350. The van der Waals surface area contributed by atoms with E-state index >= 15 is 0 Å². The van der Waals surface area contributed by atoms with Crippen LogP contribution in [-0.4, -0.2) is 54.8 Å². The van der Waals surface area contributed by atoms with Gasteiger partial charge >= 0.3 is 6.03 Å². The number of nitrogens with zero attached hydrogens (tertiary/aromatic N) is 2. The molecule has 1 aliphatic rings. The van der Waals surface area contributed by atoms with Gasteiger partial charge in [-0.15, -0.1) is 0 Å². The number of hydrogen-bond acceptors (Lipinski definition) is 4. The molecule has 3 amide bonds. The van der Waals surface area contributed by atoms with Crippen molar-refractivity contribution >= 4 is 17.6 Å². The lowest BCUT2D eigenvalue weighted by Gasteiger charge is -2.24. The fourth-order valence-corrected chi connectivity index (χ4v) is 3.26. The van der Waals surface area contributed by atoms with Crippen LogP contribution in [0.4, 0.5) is 10.5 Å². The summed E-state index contributed by atoms with van der Waals surface area (Å²) < 4.78 is 5.14. The first-order valence-electron chi connectivity index (χ1n) is 9.25. The average Bonchev–Trinajstić information content (AvgIpc) is 3.08. The predicted molar refractivity (Wildman–Crippen MR) is 106 cm³/mol. The van der Waals surface area contributed by atoms with Crippen LogP contribution in [0.1, 0.15) is 12.0 Å². The van der Waals surface area contributed by atoms with Crippen molar-refractivity contribution in [3.63, 3.8) is 0 Å². The molecule has 3 rings (SSSR count). The highest BCUT2D eigenvalue weighted by Crippen LogP contribution is 2.24. The minimum Gasteiger partial charge on any atom is -0.497 e. The van der Waals surface area contributed by atoms with Crippen LogP contribution in [0.2, 0.25) is 0 Å². The van der Waals surface area contributed by atoms with Crippen molar-refractivity contribution in [3.8, 4) is 5.75 Å². The Hall–Kier alpha value is -3.06. The maximum absolute atomic E-state index is 12.7. The van der Waals surface area contributed by atoms with E-state index in [2.05, 4.69) is 5.32 Å². The van der Waals surface area contributed by atoms with Crippen molar-refractivity contribution < 1.29 is 19.4 Å². The monoisotopic (exact) mass is 383 g/mol. The highest BCUT2D eigenvalue weighted by Gasteiger charge is 2.32. The summed E-state index contributed by atoms with van der Waals surface area (Å²) in [6, 6.07) is 16.3. The Labute approximate surface area is 164 Å². The second-order valence-electron chi connectivity index (χ2n) is 6.68. The highest BCUT2D eigenvalue weighted by molar-refractivity contribution is 5.96. The van der Waals surface area contributed by atoms with Crippen LogP contribution >= 0.6 is 0 Å². The molecule has 1 saturated heterocycles. The van der Waals surface area contributed by atoms with Crippen LogP contribution in [0.3, 0.4) is 0 Å². The van der Waals surface area contributed by atoms with Gasteiger partial charge in [0.15, 0.2) is 0 Å². The summed E-state index contributed by atoms with van der Waals surface area (Å²) in [6.45, 7) is 0.913. The maximum Gasteiger partial charge on any atom is 0.318 e. The van der Waals surface area contributed by atoms with E-state index in [0.29, 0.717) is 13.1 Å². The summed E-state index contributed by atoms with van der Waals surface area (Å²) in [5.41, 5.74) is 1.76. The molecule has 0 saturated carbocycles. The SMILES string of the molecule is COc1ccc(N2C[C@H](NC(=O)N(CCO)Cc3ccccc3)CC2=O)cc1. The molecule has 148 valence electrons. The number of carbonyl (C=O) groups is 2. The van der Waals surface area contributed by atoms with Gasteiger partial charge in [-0.25, -0.2) is 4.79 Å². The van der Waals surface area contributed by atoms with E-state index in [1.807, 2.05) is 42.5 Å². The first-order valence-corrected chi connectivity index (χ1v) is 9.25. The molecule has 1 fully saturated rings. The van der Waals surface area contributed by atoms with E-state index < -0.39 is 0 Å². The fourth-order valence-electron chi connectivity index (χ4n) is 3.26. The Kier molecular flexibility index (Phi) is 6.49. The van der Waals surface area contributed by atoms with Gasteiger partial charge in [-0.3, -0.25) is 4.79 Å². The average molecular weight is 383 g/mol. The van der Waals surface area contributed by atoms with Gasteiger partial charge in [-0.05, 0) is 29.8 Å². The second-order valence-corrected chi connectivity index (χ2v) is 6.68. The number of aliphatic hydroxyl groups excluding tert-OH is 1. The quantitative estimate of drug-likeness (QED) is 0.766. The number of anilines is 1. The number of hydrogen-bond donors (Lipinski definition) is 2. The molecule has 2 aromatic carbocycles. The van der Waals surface area contributed by atoms with Crippen LogP contribution < -0.4 is 15.0 Å². The molecule has 2 aromatic rings. The molecule has 0 unspecified atom stereocenters. The van der Waals surface area contributed by atoms with Crippen molar-refractivity contribution in [2.75, 3.05) is 31.7 Å². The molecule has 7 heteroatoms. The number of methoxy groups -OCH3 is 1. The summed E-state index contributed by atoms with van der Waals surface area (Å²) in [5.74, 6) is 0.688. The lowest BCUT2D eigenvalue weighted by molar-refractivity contribution is -0.117. The number of urea groups is 1. The Morgan fingerprint density at radius 2 is 1.93 bits per heavy atom. The molecule has 1 aliphatic heterocycles. The van der Waals surface area contributed by atoms with Crippen LogP contribution in [-0.2, 0) is 11.3 Å². The van der Waals surface area contributed by atoms with Gasteiger partial charge in [0.1, 0.15) is 5.75 Å². The third kappa shape index (κ3) is 4.80. The first kappa shape index (κ1) is 19.7. The number of carbonyl (C=O) groups excluding carboxylic acids is 2. The molecule has 7 nitrogen and oxygen atoms in total. The van der Waals surface area contributed by atoms with Crippen molar-refractivity contribution in [2.45, 2.75) is 19.0 Å². The molecular weight excluding hydrogens is 358 g/mol. The van der Waals surface area contributed by atoms with Gasteiger partial charge in [0.05, 0.1) is 19.8 Å². The Morgan fingerprint density at radius 3 is 2.57 bits per heavy atom. The Morgan fingerprint density at radius 1 is 1.21 bits per heavy atom. The molecule has 1 heterocycles. The van der Waals surface area contributed by atoms with Crippen molar-refractivity contribution in [3.05, 3.63) is 60.2 Å². The molecule has 0 radical (unpaired) electrons. The maximum atomic E-state index is 12.7. The van der Waals surface area contributed by atoms with Gasteiger partial charge in [-0.2, -0.15) is 0 Å². The largest absolute Gasteiger partial charge is 0.497 e. The third-order valence-electron chi connectivity index (χ3n) is 4.71. The zero-order valence-corrected chi connectivity index (χ0v) is 15.9. The van der Waals surface area contributed by atoms with Gasteiger partial charge in [0.25, 0.3) is 0 Å². The summed E-state index contributed by atoms with van der Waals surface area (Å²) in [5, 5.41) is 12.2. The van der Waals surface area contributed by atoms with E-state index in [9.17, 15) is 14.7 Å². The van der Waals surface area contributed by atoms with Gasteiger partial charge < -0.3 is 25.0 Å². The number of nitrogens with one attached hydrogen (secondary N) is 1. The van der Waals surface area contributed by atoms with Crippen molar-refractivity contribution in [2.24, 2.45) is 0 Å². The fraction of sp³-hybridized carbons (Fsp3) is 0.333.